The Labute approximate surface area is 179 Å². The second kappa shape index (κ2) is 9.17. The number of allylic oxidation sites excluding steroid dienone is 1. The minimum atomic E-state index is -2.68. The van der Waals surface area contributed by atoms with E-state index in [2.05, 4.69) is 14.7 Å². The average Bonchev–Trinajstić information content (AvgIpc) is 3.23. The predicted octanol–water partition coefficient (Wildman–Crippen LogP) is 5.36. The lowest BCUT2D eigenvalue weighted by Gasteiger charge is -2.21. The van der Waals surface area contributed by atoms with E-state index in [9.17, 15) is 13.6 Å². The van der Waals surface area contributed by atoms with E-state index in [1.807, 2.05) is 6.08 Å². The van der Waals surface area contributed by atoms with E-state index in [-0.39, 0.29) is 18.7 Å². The van der Waals surface area contributed by atoms with E-state index in [4.69, 9.17) is 15.0 Å². The highest BCUT2D eigenvalue weighted by Crippen LogP contribution is 2.47. The topological polar surface area (TPSA) is 112 Å². The first-order valence-corrected chi connectivity index (χ1v) is 11.0. The number of alkyl halides is 2. The lowest BCUT2D eigenvalue weighted by Crippen LogP contribution is -2.24. The SMILES string of the molecule is Cc1nsc(-c2c(NC(=O)C3=CCCCC3)sc3c2CCC(F)(F)C3)n1.O=C(O)O. The zero-order valence-electron chi connectivity index (χ0n) is 16.2. The summed E-state index contributed by atoms with van der Waals surface area (Å²) in [5.74, 6) is -2.16. The molecule has 0 bridgehead atoms. The van der Waals surface area contributed by atoms with Gasteiger partial charge in [0, 0.05) is 23.3 Å². The number of carbonyl (C=O) groups is 2. The highest BCUT2D eigenvalue weighted by atomic mass is 32.1. The summed E-state index contributed by atoms with van der Waals surface area (Å²) in [6, 6.07) is 0. The van der Waals surface area contributed by atoms with Crippen LogP contribution in [-0.4, -0.2) is 37.6 Å². The van der Waals surface area contributed by atoms with Crippen molar-refractivity contribution in [2.24, 2.45) is 0 Å². The largest absolute Gasteiger partial charge is 0.503 e. The number of hydrogen-bond acceptors (Lipinski definition) is 6. The van der Waals surface area contributed by atoms with Gasteiger partial charge in [-0.15, -0.1) is 11.3 Å². The number of aromatic nitrogens is 2. The molecule has 3 N–H and O–H groups in total. The van der Waals surface area contributed by atoms with Gasteiger partial charge in [-0.25, -0.2) is 18.6 Å². The first-order valence-electron chi connectivity index (χ1n) is 9.41. The van der Waals surface area contributed by atoms with Crippen LogP contribution in [0.25, 0.3) is 10.6 Å². The molecule has 2 heterocycles. The number of amides is 1. The number of carbonyl (C=O) groups excluding carboxylic acids is 1. The highest BCUT2D eigenvalue weighted by Gasteiger charge is 2.38. The molecule has 0 saturated heterocycles. The molecule has 2 aromatic rings. The quantitative estimate of drug-likeness (QED) is 0.572. The molecular weight excluding hydrogens is 436 g/mol. The van der Waals surface area contributed by atoms with Gasteiger partial charge in [-0.1, -0.05) is 6.08 Å². The summed E-state index contributed by atoms with van der Waals surface area (Å²) >= 11 is 2.51. The second-order valence-electron chi connectivity index (χ2n) is 7.10. The van der Waals surface area contributed by atoms with Gasteiger partial charge < -0.3 is 15.5 Å². The van der Waals surface area contributed by atoms with Crippen LogP contribution in [0.15, 0.2) is 11.6 Å². The van der Waals surface area contributed by atoms with Gasteiger partial charge in [-0.05, 0) is 56.1 Å². The Bertz CT molecular complexity index is 981. The third-order valence-electron chi connectivity index (χ3n) is 4.80. The molecule has 11 heteroatoms. The van der Waals surface area contributed by atoms with Crippen LogP contribution in [-0.2, 0) is 17.6 Å². The number of halogens is 2. The fourth-order valence-corrected chi connectivity index (χ4v) is 5.63. The van der Waals surface area contributed by atoms with E-state index in [1.165, 1.54) is 22.9 Å². The van der Waals surface area contributed by atoms with E-state index >= 15 is 0 Å². The van der Waals surface area contributed by atoms with Crippen molar-refractivity contribution in [1.82, 2.24) is 9.36 Å². The summed E-state index contributed by atoms with van der Waals surface area (Å²) < 4.78 is 32.0. The van der Waals surface area contributed by atoms with Crippen LogP contribution < -0.4 is 5.32 Å². The van der Waals surface area contributed by atoms with Gasteiger partial charge in [0.15, 0.2) is 0 Å². The molecule has 7 nitrogen and oxygen atoms in total. The van der Waals surface area contributed by atoms with E-state index < -0.39 is 12.1 Å². The molecule has 0 unspecified atom stereocenters. The number of rotatable bonds is 3. The number of nitrogens with one attached hydrogen (secondary N) is 1. The maximum atomic E-state index is 13.9. The number of fused-ring (bicyclic) bond motifs is 1. The van der Waals surface area contributed by atoms with Crippen LogP contribution >= 0.6 is 22.9 Å². The van der Waals surface area contributed by atoms with Gasteiger partial charge in [-0.3, -0.25) is 4.79 Å². The van der Waals surface area contributed by atoms with Gasteiger partial charge in [0.2, 0.25) is 0 Å². The van der Waals surface area contributed by atoms with Crippen LogP contribution in [0.1, 0.15) is 48.4 Å². The minimum absolute atomic E-state index is 0.127. The number of hydrogen-bond donors (Lipinski definition) is 3. The van der Waals surface area contributed by atoms with Gasteiger partial charge in [0.05, 0.1) is 5.56 Å². The van der Waals surface area contributed by atoms with Crippen molar-refractivity contribution in [3.8, 4) is 10.6 Å². The summed E-state index contributed by atoms with van der Waals surface area (Å²) in [5, 5.41) is 18.2. The van der Waals surface area contributed by atoms with E-state index in [0.29, 0.717) is 27.1 Å². The lowest BCUT2D eigenvalue weighted by molar-refractivity contribution is -0.113. The number of aryl methyl sites for hydroxylation is 1. The zero-order valence-corrected chi connectivity index (χ0v) is 17.8. The van der Waals surface area contributed by atoms with Crippen LogP contribution in [0, 0.1) is 6.92 Å². The average molecular weight is 458 g/mol. The van der Waals surface area contributed by atoms with Crippen molar-refractivity contribution < 1.29 is 28.6 Å². The van der Waals surface area contributed by atoms with Gasteiger partial charge in [0.25, 0.3) is 11.8 Å². The molecule has 162 valence electrons. The van der Waals surface area contributed by atoms with Crippen molar-refractivity contribution in [2.45, 2.75) is 57.8 Å². The smallest absolute Gasteiger partial charge is 0.450 e. The molecule has 2 aliphatic carbocycles. The molecule has 30 heavy (non-hydrogen) atoms. The van der Waals surface area contributed by atoms with Crippen molar-refractivity contribution >= 4 is 39.9 Å². The van der Waals surface area contributed by atoms with Crippen molar-refractivity contribution in [3.05, 3.63) is 27.9 Å². The molecular formula is C19H21F2N3O4S2. The Morgan fingerprint density at radius 1 is 1.23 bits per heavy atom. The Hall–Kier alpha value is -2.40. The normalized spacial score (nSPS) is 17.2. The monoisotopic (exact) mass is 457 g/mol. The fraction of sp³-hybridized carbons (Fsp3) is 0.474. The Balaban J connectivity index is 0.000000589. The van der Waals surface area contributed by atoms with E-state index in [0.717, 1.165) is 42.4 Å². The minimum Gasteiger partial charge on any atom is -0.450 e. The molecule has 0 aromatic carbocycles. The molecule has 2 aromatic heterocycles. The maximum Gasteiger partial charge on any atom is 0.503 e. The molecule has 0 spiro atoms. The molecule has 0 radical (unpaired) electrons. The van der Waals surface area contributed by atoms with Crippen LogP contribution in [0.5, 0.6) is 0 Å². The van der Waals surface area contributed by atoms with Gasteiger partial charge >= 0.3 is 6.16 Å². The van der Waals surface area contributed by atoms with Crippen molar-refractivity contribution in [1.29, 1.82) is 0 Å². The Morgan fingerprint density at radius 2 is 1.97 bits per heavy atom. The summed E-state index contributed by atoms with van der Waals surface area (Å²) in [6.07, 6.45) is 3.81. The summed E-state index contributed by atoms with van der Waals surface area (Å²) in [4.78, 5) is 26.3. The molecule has 0 fully saturated rings. The van der Waals surface area contributed by atoms with Crippen LogP contribution in [0.3, 0.4) is 0 Å². The third-order valence-corrected chi connectivity index (χ3v) is 6.77. The second-order valence-corrected chi connectivity index (χ2v) is 8.96. The van der Waals surface area contributed by atoms with Crippen molar-refractivity contribution in [2.75, 3.05) is 5.32 Å². The first-order chi connectivity index (χ1) is 14.2. The third kappa shape index (κ3) is 5.39. The number of anilines is 1. The molecule has 1 amide bonds. The van der Waals surface area contributed by atoms with Crippen LogP contribution in [0.2, 0.25) is 0 Å². The molecule has 2 aliphatic rings. The standard InChI is InChI=1S/C18H19F2N3OS2.CH2O3/c1-10-21-17(26-23-10)14-12-7-8-18(19,20)9-13(12)25-16(14)22-15(24)11-5-3-2-4-6-11;2-1(3)4/h5H,2-4,6-9H2,1H3,(H,22,24);(H2,2,3,4). The lowest BCUT2D eigenvalue weighted by atomic mass is 9.93. The van der Waals surface area contributed by atoms with E-state index in [1.54, 1.807) is 6.92 Å². The zero-order chi connectivity index (χ0) is 21.9. The maximum absolute atomic E-state index is 13.9. The Kier molecular flexibility index (Phi) is 6.81. The molecule has 0 aliphatic heterocycles. The molecule has 4 rings (SSSR count). The molecule has 0 atom stereocenters. The summed E-state index contributed by atoms with van der Waals surface area (Å²) in [5.41, 5.74) is 2.47. The summed E-state index contributed by atoms with van der Waals surface area (Å²) in [7, 11) is 0. The van der Waals surface area contributed by atoms with Crippen molar-refractivity contribution in [3.63, 3.8) is 0 Å². The molecule has 0 saturated carbocycles. The predicted molar refractivity (Wildman–Crippen MR) is 111 cm³/mol. The number of thiophene rings is 1. The van der Waals surface area contributed by atoms with Crippen LogP contribution in [0.4, 0.5) is 18.6 Å². The Morgan fingerprint density at radius 3 is 2.57 bits per heavy atom. The highest BCUT2D eigenvalue weighted by molar-refractivity contribution is 7.18. The fourth-order valence-electron chi connectivity index (χ4n) is 3.49. The first kappa shape index (κ1) is 22.3. The number of carboxylic acid groups (broad SMARTS) is 2. The summed E-state index contributed by atoms with van der Waals surface area (Å²) in [6.45, 7) is 1.80. The number of nitrogens with zero attached hydrogens (tertiary/aromatic N) is 2. The van der Waals surface area contributed by atoms with Gasteiger partial charge in [0.1, 0.15) is 15.8 Å². The van der Waals surface area contributed by atoms with Gasteiger partial charge in [-0.2, -0.15) is 4.37 Å².